The van der Waals surface area contributed by atoms with Gasteiger partial charge in [-0.2, -0.15) is 0 Å². The van der Waals surface area contributed by atoms with Crippen molar-refractivity contribution in [3.63, 3.8) is 0 Å². The van der Waals surface area contributed by atoms with E-state index in [0.29, 0.717) is 11.5 Å². The second kappa shape index (κ2) is 5.62. The zero-order valence-corrected chi connectivity index (χ0v) is 15.6. The van der Waals surface area contributed by atoms with Crippen molar-refractivity contribution in [3.05, 3.63) is 40.5 Å². The molecule has 24 heavy (non-hydrogen) atoms. The molecule has 1 fully saturated rings. The largest absolute Gasteiger partial charge is 0.497 e. The molecule has 0 aliphatic heterocycles. The van der Waals surface area contributed by atoms with Crippen molar-refractivity contribution in [1.29, 1.82) is 0 Å². The SMILES string of the molecule is CC[C@@]12CC[C@]3(C)C[C@H](OC)CC3=C1CCc1cc(OC)ccc12. The Kier molecular flexibility index (Phi) is 3.80. The summed E-state index contributed by atoms with van der Waals surface area (Å²) in [6.45, 7) is 4.86. The first kappa shape index (κ1) is 16.2. The quantitative estimate of drug-likeness (QED) is 0.711. The van der Waals surface area contributed by atoms with Crippen LogP contribution in [0.1, 0.15) is 63.5 Å². The smallest absolute Gasteiger partial charge is 0.119 e. The number of allylic oxidation sites excluding steroid dienone is 1. The van der Waals surface area contributed by atoms with E-state index in [0.717, 1.165) is 18.6 Å². The number of rotatable bonds is 3. The predicted molar refractivity (Wildman–Crippen MR) is 97.7 cm³/mol. The summed E-state index contributed by atoms with van der Waals surface area (Å²) < 4.78 is 11.2. The van der Waals surface area contributed by atoms with E-state index in [1.165, 1.54) is 37.7 Å². The molecule has 130 valence electrons. The molecule has 1 aromatic rings. The summed E-state index contributed by atoms with van der Waals surface area (Å²) in [5.74, 6) is 0.997. The summed E-state index contributed by atoms with van der Waals surface area (Å²) in [7, 11) is 3.65. The van der Waals surface area contributed by atoms with Crippen molar-refractivity contribution in [2.45, 2.75) is 70.3 Å². The topological polar surface area (TPSA) is 18.5 Å². The summed E-state index contributed by atoms with van der Waals surface area (Å²) >= 11 is 0. The molecule has 0 saturated heterocycles. The molecular formula is C22H30O2. The number of fused-ring (bicyclic) bond motifs is 4. The third-order valence-corrected chi connectivity index (χ3v) is 7.29. The molecule has 4 rings (SSSR count). The minimum absolute atomic E-state index is 0.261. The lowest BCUT2D eigenvalue weighted by Gasteiger charge is -2.49. The highest BCUT2D eigenvalue weighted by Gasteiger charge is 2.51. The molecule has 0 aromatic heterocycles. The Bertz CT molecular complexity index is 689. The Hall–Kier alpha value is -1.28. The maximum absolute atomic E-state index is 5.76. The summed E-state index contributed by atoms with van der Waals surface area (Å²) in [6.07, 6.45) is 8.93. The fourth-order valence-electron chi connectivity index (χ4n) is 5.91. The minimum atomic E-state index is 0.261. The second-order valence-electron chi connectivity index (χ2n) is 8.24. The molecule has 2 nitrogen and oxygen atoms in total. The molecule has 0 heterocycles. The molecule has 3 aliphatic carbocycles. The Morgan fingerprint density at radius 3 is 2.67 bits per heavy atom. The van der Waals surface area contributed by atoms with Crippen molar-refractivity contribution in [2.24, 2.45) is 5.41 Å². The fourth-order valence-corrected chi connectivity index (χ4v) is 5.91. The van der Waals surface area contributed by atoms with Crippen molar-refractivity contribution in [2.75, 3.05) is 14.2 Å². The van der Waals surface area contributed by atoms with Crippen molar-refractivity contribution < 1.29 is 9.47 Å². The van der Waals surface area contributed by atoms with Gasteiger partial charge in [0.2, 0.25) is 0 Å². The van der Waals surface area contributed by atoms with Gasteiger partial charge in [0.25, 0.3) is 0 Å². The summed E-state index contributed by atoms with van der Waals surface area (Å²) in [6, 6.07) is 6.78. The van der Waals surface area contributed by atoms with Crippen LogP contribution in [0.15, 0.2) is 29.3 Å². The van der Waals surface area contributed by atoms with Gasteiger partial charge in [-0.3, -0.25) is 0 Å². The van der Waals surface area contributed by atoms with Gasteiger partial charge >= 0.3 is 0 Å². The predicted octanol–water partition coefficient (Wildman–Crippen LogP) is 5.19. The molecule has 1 saturated carbocycles. The highest BCUT2D eigenvalue weighted by atomic mass is 16.5. The summed E-state index contributed by atoms with van der Waals surface area (Å²) in [4.78, 5) is 0. The van der Waals surface area contributed by atoms with Gasteiger partial charge in [0.05, 0.1) is 13.2 Å². The van der Waals surface area contributed by atoms with E-state index in [-0.39, 0.29) is 5.41 Å². The number of methoxy groups -OCH3 is 2. The van der Waals surface area contributed by atoms with Crippen molar-refractivity contribution >= 4 is 0 Å². The average Bonchev–Trinajstić information content (AvgIpc) is 2.97. The third-order valence-electron chi connectivity index (χ3n) is 7.29. The van der Waals surface area contributed by atoms with E-state index in [4.69, 9.17) is 9.47 Å². The van der Waals surface area contributed by atoms with Gasteiger partial charge in [-0.05, 0) is 73.6 Å². The molecule has 0 N–H and O–H groups in total. The van der Waals surface area contributed by atoms with E-state index < -0.39 is 0 Å². The first-order chi connectivity index (χ1) is 11.6. The molecular weight excluding hydrogens is 296 g/mol. The standard InChI is InChI=1S/C22H30O2/c1-5-22-11-10-21(2)14-17(24-4)13-20(21)19(22)8-6-15-12-16(23-3)7-9-18(15)22/h7,9,12,17H,5-6,8,10-11,13-14H2,1-4H3/t17-,21-,22+/m1/s1. The first-order valence-electron chi connectivity index (χ1n) is 9.49. The van der Waals surface area contributed by atoms with Crippen LogP contribution in [0.25, 0.3) is 0 Å². The zero-order chi connectivity index (χ0) is 16.9. The van der Waals surface area contributed by atoms with Gasteiger partial charge in [-0.25, -0.2) is 0 Å². The number of benzene rings is 1. The normalized spacial score (nSPS) is 34.6. The van der Waals surface area contributed by atoms with E-state index in [2.05, 4.69) is 32.0 Å². The lowest BCUT2D eigenvalue weighted by molar-refractivity contribution is 0.0944. The van der Waals surface area contributed by atoms with Gasteiger partial charge in [-0.15, -0.1) is 0 Å². The monoisotopic (exact) mass is 326 g/mol. The van der Waals surface area contributed by atoms with Crippen LogP contribution < -0.4 is 4.74 Å². The van der Waals surface area contributed by atoms with Crippen LogP contribution in [0.5, 0.6) is 5.75 Å². The molecule has 3 atom stereocenters. The van der Waals surface area contributed by atoms with Crippen LogP contribution in [-0.2, 0) is 16.6 Å². The van der Waals surface area contributed by atoms with E-state index in [1.807, 2.05) is 7.11 Å². The highest BCUT2D eigenvalue weighted by molar-refractivity contribution is 5.52. The Balaban J connectivity index is 1.86. The highest BCUT2D eigenvalue weighted by Crippen LogP contribution is 2.61. The Morgan fingerprint density at radius 2 is 1.96 bits per heavy atom. The number of hydrogen-bond acceptors (Lipinski definition) is 2. The van der Waals surface area contributed by atoms with Crippen LogP contribution in [-0.4, -0.2) is 20.3 Å². The van der Waals surface area contributed by atoms with Crippen LogP contribution >= 0.6 is 0 Å². The summed E-state index contributed by atoms with van der Waals surface area (Å²) in [5, 5.41) is 0. The van der Waals surface area contributed by atoms with E-state index in [9.17, 15) is 0 Å². The van der Waals surface area contributed by atoms with E-state index >= 15 is 0 Å². The maximum Gasteiger partial charge on any atom is 0.119 e. The summed E-state index contributed by atoms with van der Waals surface area (Å²) in [5.41, 5.74) is 7.21. The molecule has 0 radical (unpaired) electrons. The van der Waals surface area contributed by atoms with Crippen LogP contribution in [0.3, 0.4) is 0 Å². The van der Waals surface area contributed by atoms with Gasteiger partial charge in [-0.1, -0.05) is 31.1 Å². The molecule has 0 amide bonds. The van der Waals surface area contributed by atoms with Crippen molar-refractivity contribution in [3.8, 4) is 5.75 Å². The number of hydrogen-bond donors (Lipinski definition) is 0. The van der Waals surface area contributed by atoms with Crippen LogP contribution in [0, 0.1) is 5.41 Å². The average molecular weight is 326 g/mol. The van der Waals surface area contributed by atoms with Gasteiger partial charge in [0, 0.05) is 12.5 Å². The molecule has 3 aliphatic rings. The molecule has 2 heteroatoms. The minimum Gasteiger partial charge on any atom is -0.497 e. The van der Waals surface area contributed by atoms with Crippen LogP contribution in [0.4, 0.5) is 0 Å². The lowest BCUT2D eigenvalue weighted by Crippen LogP contribution is -2.40. The number of aryl methyl sites for hydroxylation is 1. The molecule has 1 aromatic carbocycles. The van der Waals surface area contributed by atoms with Crippen LogP contribution in [0.2, 0.25) is 0 Å². The zero-order valence-electron chi connectivity index (χ0n) is 15.6. The maximum atomic E-state index is 5.76. The number of ether oxygens (including phenoxy) is 2. The van der Waals surface area contributed by atoms with Crippen molar-refractivity contribution in [1.82, 2.24) is 0 Å². The molecule has 0 bridgehead atoms. The lowest BCUT2D eigenvalue weighted by atomic mass is 9.55. The first-order valence-corrected chi connectivity index (χ1v) is 9.49. The van der Waals surface area contributed by atoms with E-state index in [1.54, 1.807) is 23.8 Å². The Labute approximate surface area is 146 Å². The Morgan fingerprint density at radius 1 is 1.12 bits per heavy atom. The second-order valence-corrected chi connectivity index (χ2v) is 8.24. The molecule has 0 spiro atoms. The van der Waals surface area contributed by atoms with Gasteiger partial charge in [0.1, 0.15) is 5.75 Å². The fraction of sp³-hybridized carbons (Fsp3) is 0.636. The van der Waals surface area contributed by atoms with Gasteiger partial charge in [0.15, 0.2) is 0 Å². The van der Waals surface area contributed by atoms with Gasteiger partial charge < -0.3 is 9.47 Å². The third kappa shape index (κ3) is 2.12. The molecule has 0 unspecified atom stereocenters.